The molecular weight excluding hydrogens is 274 g/mol. The van der Waals surface area contributed by atoms with Crippen LogP contribution < -0.4 is 5.32 Å². The summed E-state index contributed by atoms with van der Waals surface area (Å²) in [6.07, 6.45) is 5.12. The summed E-state index contributed by atoms with van der Waals surface area (Å²) in [4.78, 5) is 11.1. The van der Waals surface area contributed by atoms with Gasteiger partial charge in [-0.2, -0.15) is 0 Å². The van der Waals surface area contributed by atoms with Crippen LogP contribution in [0.2, 0.25) is 0 Å². The third-order valence-corrected chi connectivity index (χ3v) is 3.58. The molecule has 0 heterocycles. The Labute approximate surface area is 131 Å². The average Bonchev–Trinajstić information content (AvgIpc) is 2.51. The van der Waals surface area contributed by atoms with E-state index in [9.17, 15) is 4.79 Å². The number of allylic oxidation sites excluding steroid dienone is 3. The van der Waals surface area contributed by atoms with E-state index in [0.29, 0.717) is 5.56 Å². The molecule has 0 aromatic heterocycles. The van der Waals surface area contributed by atoms with Crippen molar-refractivity contribution in [3.05, 3.63) is 65.5 Å². The first-order valence-corrected chi connectivity index (χ1v) is 7.39. The van der Waals surface area contributed by atoms with E-state index in [1.54, 1.807) is 12.1 Å². The topological polar surface area (TPSA) is 49.3 Å². The van der Waals surface area contributed by atoms with Gasteiger partial charge in [0.15, 0.2) is 0 Å². The second-order valence-electron chi connectivity index (χ2n) is 5.31. The number of carboxylic acid groups (broad SMARTS) is 1. The number of carboxylic acids is 1. The molecule has 114 valence electrons. The Bertz CT molecular complexity index is 757. The van der Waals surface area contributed by atoms with Crippen LogP contribution in [-0.4, -0.2) is 11.1 Å². The molecule has 2 N–H and O–H groups in total. The van der Waals surface area contributed by atoms with Crippen molar-refractivity contribution in [3.8, 4) is 0 Å². The van der Waals surface area contributed by atoms with Crippen LogP contribution in [0.4, 0.5) is 0 Å². The predicted octanol–water partition coefficient (Wildman–Crippen LogP) is 4.80. The van der Waals surface area contributed by atoms with Crippen LogP contribution >= 0.6 is 0 Å². The quantitative estimate of drug-likeness (QED) is 0.832. The van der Waals surface area contributed by atoms with E-state index in [1.165, 1.54) is 0 Å². The number of carbonyl (C=O) groups is 1. The zero-order valence-electron chi connectivity index (χ0n) is 13.2. The summed E-state index contributed by atoms with van der Waals surface area (Å²) in [6, 6.07) is 11.2. The minimum absolute atomic E-state index is 0.311. The standard InChI is InChI=1S/C19H21NO2/c1-4-6-14(3)20-12-13(2)17-8-5-7-15-11-16(19(21)22)9-10-18(15)17/h5-12,20H,4H2,1-3H3,(H,21,22)/b13-12+,14-6+. The first-order valence-electron chi connectivity index (χ1n) is 7.39. The zero-order valence-corrected chi connectivity index (χ0v) is 13.2. The fourth-order valence-corrected chi connectivity index (χ4v) is 2.43. The fourth-order valence-electron chi connectivity index (χ4n) is 2.43. The highest BCUT2D eigenvalue weighted by molar-refractivity contribution is 5.98. The normalized spacial score (nSPS) is 12.5. The van der Waals surface area contributed by atoms with Gasteiger partial charge in [-0.05, 0) is 54.3 Å². The predicted molar refractivity (Wildman–Crippen MR) is 91.7 cm³/mol. The Hall–Kier alpha value is -2.55. The molecule has 0 bridgehead atoms. The highest BCUT2D eigenvalue weighted by atomic mass is 16.4. The van der Waals surface area contributed by atoms with Crippen molar-refractivity contribution in [1.82, 2.24) is 5.32 Å². The van der Waals surface area contributed by atoms with Gasteiger partial charge >= 0.3 is 5.97 Å². The molecular formula is C19H21NO2. The van der Waals surface area contributed by atoms with Gasteiger partial charge in [-0.1, -0.05) is 37.3 Å². The van der Waals surface area contributed by atoms with Crippen LogP contribution in [0.15, 0.2) is 54.4 Å². The van der Waals surface area contributed by atoms with Crippen molar-refractivity contribution < 1.29 is 9.90 Å². The number of hydrogen-bond donors (Lipinski definition) is 2. The largest absolute Gasteiger partial charge is 0.478 e. The lowest BCUT2D eigenvalue weighted by atomic mass is 9.98. The van der Waals surface area contributed by atoms with E-state index in [-0.39, 0.29) is 0 Å². The first-order chi connectivity index (χ1) is 10.5. The summed E-state index contributed by atoms with van der Waals surface area (Å²) < 4.78 is 0. The maximum atomic E-state index is 11.1. The molecule has 0 amide bonds. The van der Waals surface area contributed by atoms with Crippen molar-refractivity contribution in [2.24, 2.45) is 0 Å². The van der Waals surface area contributed by atoms with Gasteiger partial charge in [0.2, 0.25) is 0 Å². The number of aromatic carboxylic acids is 1. The molecule has 0 fully saturated rings. The van der Waals surface area contributed by atoms with Crippen LogP contribution in [0.5, 0.6) is 0 Å². The second kappa shape index (κ2) is 6.94. The van der Waals surface area contributed by atoms with E-state index in [0.717, 1.165) is 34.0 Å². The molecule has 0 aliphatic heterocycles. The van der Waals surface area contributed by atoms with E-state index >= 15 is 0 Å². The van der Waals surface area contributed by atoms with Gasteiger partial charge in [0.1, 0.15) is 0 Å². The summed E-state index contributed by atoms with van der Waals surface area (Å²) in [6.45, 7) is 6.19. The molecule has 3 nitrogen and oxygen atoms in total. The summed E-state index contributed by atoms with van der Waals surface area (Å²) in [7, 11) is 0. The molecule has 2 rings (SSSR count). The Morgan fingerprint density at radius 1 is 1.23 bits per heavy atom. The number of nitrogens with one attached hydrogen (secondary N) is 1. The molecule has 22 heavy (non-hydrogen) atoms. The zero-order chi connectivity index (χ0) is 16.1. The number of benzene rings is 2. The molecule has 0 unspecified atom stereocenters. The molecule has 0 saturated carbocycles. The van der Waals surface area contributed by atoms with Crippen molar-refractivity contribution >= 4 is 22.3 Å². The first kappa shape index (κ1) is 15.8. The van der Waals surface area contributed by atoms with E-state index in [4.69, 9.17) is 5.11 Å². The highest BCUT2D eigenvalue weighted by Crippen LogP contribution is 2.25. The molecule has 2 aromatic rings. The van der Waals surface area contributed by atoms with Gasteiger partial charge in [-0.3, -0.25) is 0 Å². The number of fused-ring (bicyclic) bond motifs is 1. The van der Waals surface area contributed by atoms with Crippen molar-refractivity contribution in [2.75, 3.05) is 0 Å². The fraction of sp³-hybridized carbons (Fsp3) is 0.211. The molecule has 3 heteroatoms. The van der Waals surface area contributed by atoms with Gasteiger partial charge in [0, 0.05) is 11.9 Å². The number of hydrogen-bond acceptors (Lipinski definition) is 2. The van der Waals surface area contributed by atoms with Gasteiger partial charge in [0.05, 0.1) is 5.56 Å². The Morgan fingerprint density at radius 2 is 2.00 bits per heavy atom. The summed E-state index contributed by atoms with van der Waals surface area (Å²) >= 11 is 0. The van der Waals surface area contributed by atoms with Crippen LogP contribution in [0.1, 0.15) is 43.1 Å². The molecule has 0 spiro atoms. The Morgan fingerprint density at radius 3 is 2.68 bits per heavy atom. The highest BCUT2D eigenvalue weighted by Gasteiger charge is 2.07. The van der Waals surface area contributed by atoms with Crippen molar-refractivity contribution in [1.29, 1.82) is 0 Å². The number of rotatable bonds is 5. The van der Waals surface area contributed by atoms with E-state index in [1.807, 2.05) is 38.2 Å². The maximum Gasteiger partial charge on any atom is 0.335 e. The van der Waals surface area contributed by atoms with Crippen LogP contribution in [0, 0.1) is 0 Å². The molecule has 0 aliphatic carbocycles. The molecule has 2 aromatic carbocycles. The Balaban J connectivity index is 2.41. The van der Waals surface area contributed by atoms with Gasteiger partial charge < -0.3 is 10.4 Å². The summed E-state index contributed by atoms with van der Waals surface area (Å²) in [5.41, 5.74) is 3.64. The van der Waals surface area contributed by atoms with Crippen LogP contribution in [0.25, 0.3) is 16.3 Å². The summed E-state index contributed by atoms with van der Waals surface area (Å²) in [5, 5.41) is 14.4. The Kier molecular flexibility index (Phi) is 4.99. The minimum atomic E-state index is -0.901. The third-order valence-electron chi connectivity index (χ3n) is 3.58. The lowest BCUT2D eigenvalue weighted by Crippen LogP contribution is -2.02. The second-order valence-corrected chi connectivity index (χ2v) is 5.31. The van der Waals surface area contributed by atoms with Gasteiger partial charge in [0.25, 0.3) is 0 Å². The third kappa shape index (κ3) is 3.55. The van der Waals surface area contributed by atoms with Crippen LogP contribution in [0.3, 0.4) is 0 Å². The minimum Gasteiger partial charge on any atom is -0.478 e. The molecule has 0 aliphatic rings. The SMILES string of the molecule is CC/C=C(\C)N/C=C(\C)c1cccc2cc(C(=O)O)ccc12. The monoisotopic (exact) mass is 295 g/mol. The summed E-state index contributed by atoms with van der Waals surface area (Å²) in [5.74, 6) is -0.901. The van der Waals surface area contributed by atoms with E-state index < -0.39 is 5.97 Å². The lowest BCUT2D eigenvalue weighted by molar-refractivity contribution is 0.0697. The molecule has 0 atom stereocenters. The van der Waals surface area contributed by atoms with Crippen molar-refractivity contribution in [2.45, 2.75) is 27.2 Å². The van der Waals surface area contributed by atoms with Crippen LogP contribution in [-0.2, 0) is 0 Å². The smallest absolute Gasteiger partial charge is 0.335 e. The van der Waals surface area contributed by atoms with Gasteiger partial charge in [-0.25, -0.2) is 4.79 Å². The molecule has 0 radical (unpaired) electrons. The molecule has 0 saturated heterocycles. The average molecular weight is 295 g/mol. The van der Waals surface area contributed by atoms with Crippen molar-refractivity contribution in [3.63, 3.8) is 0 Å². The maximum absolute atomic E-state index is 11.1. The van der Waals surface area contributed by atoms with Gasteiger partial charge in [-0.15, -0.1) is 0 Å². The lowest BCUT2D eigenvalue weighted by Gasteiger charge is -2.09. The van der Waals surface area contributed by atoms with E-state index in [2.05, 4.69) is 24.4 Å².